The van der Waals surface area contributed by atoms with Crippen LogP contribution in [0.25, 0.3) is 10.9 Å². The van der Waals surface area contributed by atoms with Crippen LogP contribution in [0.4, 0.5) is 9.18 Å². The van der Waals surface area contributed by atoms with Crippen molar-refractivity contribution >= 4 is 17.0 Å². The molecule has 4 aliphatic carbocycles. The van der Waals surface area contributed by atoms with Gasteiger partial charge in [-0.15, -0.1) is 0 Å². The number of nitriles is 1. The fourth-order valence-electron chi connectivity index (χ4n) is 5.49. The molecule has 0 aliphatic heterocycles. The number of nitrogens with one attached hydrogen (secondary N) is 1. The van der Waals surface area contributed by atoms with E-state index in [1.54, 1.807) is 6.07 Å². The van der Waals surface area contributed by atoms with Gasteiger partial charge in [0.25, 0.3) is 0 Å². The molecule has 1 N–H and O–H groups in total. The van der Waals surface area contributed by atoms with E-state index in [1.807, 2.05) is 26.8 Å². The van der Waals surface area contributed by atoms with Crippen molar-refractivity contribution in [1.82, 2.24) is 9.88 Å². The molecule has 0 unspecified atom stereocenters. The van der Waals surface area contributed by atoms with Crippen LogP contribution in [0.1, 0.15) is 76.6 Å². The average molecular weight is 395 g/mol. The van der Waals surface area contributed by atoms with Crippen LogP contribution in [-0.2, 0) is 10.2 Å². The van der Waals surface area contributed by atoms with Crippen LogP contribution in [0.15, 0.2) is 18.2 Å². The van der Waals surface area contributed by atoms with Crippen LogP contribution in [0.5, 0.6) is 0 Å². The summed E-state index contributed by atoms with van der Waals surface area (Å²) >= 11 is 0. The van der Waals surface area contributed by atoms with E-state index in [4.69, 9.17) is 4.74 Å². The molecule has 4 saturated carbocycles. The highest BCUT2D eigenvalue weighted by Gasteiger charge is 2.70. The fourth-order valence-corrected chi connectivity index (χ4v) is 5.49. The Kier molecular flexibility index (Phi) is 3.66. The van der Waals surface area contributed by atoms with E-state index in [-0.39, 0.29) is 22.6 Å². The largest absolute Gasteiger partial charge is 0.444 e. The van der Waals surface area contributed by atoms with Crippen LogP contribution in [0, 0.1) is 17.1 Å². The van der Waals surface area contributed by atoms with E-state index in [9.17, 15) is 14.4 Å². The van der Waals surface area contributed by atoms with E-state index in [0.717, 1.165) is 43.0 Å². The lowest BCUT2D eigenvalue weighted by Crippen LogP contribution is -2.77. The van der Waals surface area contributed by atoms with E-state index < -0.39 is 11.4 Å². The second kappa shape index (κ2) is 5.75. The average Bonchev–Trinajstić information content (AvgIpc) is 2.83. The first-order valence-electron chi connectivity index (χ1n) is 10.4. The number of halogens is 1. The summed E-state index contributed by atoms with van der Waals surface area (Å²) in [5.74, 6) is -0.460. The van der Waals surface area contributed by atoms with Crippen LogP contribution in [0.2, 0.25) is 0 Å². The van der Waals surface area contributed by atoms with Gasteiger partial charge in [0.2, 0.25) is 0 Å². The van der Waals surface area contributed by atoms with Gasteiger partial charge in [0.1, 0.15) is 17.5 Å². The first-order chi connectivity index (χ1) is 13.6. The summed E-state index contributed by atoms with van der Waals surface area (Å²) in [6.45, 7) is 5.59. The number of nitrogens with zero attached hydrogens (tertiary/aromatic N) is 2. The standard InChI is InChI=1S/C23H26FN3O2/c1-21(2,3)29-20(28)26-23-11-22(12-23,13-23)19-9-14-7-17(24)15(10-25)8-18(14)27(19)16-5-4-6-16/h7-9,16H,4-6,11-13H2,1-3H3,(H,26,28). The molecule has 0 radical (unpaired) electrons. The van der Waals surface area contributed by atoms with Gasteiger partial charge in [-0.25, -0.2) is 9.18 Å². The van der Waals surface area contributed by atoms with Gasteiger partial charge in [-0.1, -0.05) is 0 Å². The molecule has 29 heavy (non-hydrogen) atoms. The van der Waals surface area contributed by atoms with Crippen molar-refractivity contribution in [3.8, 4) is 6.07 Å². The number of carbonyl (C=O) groups is 1. The zero-order chi connectivity index (χ0) is 20.6. The third kappa shape index (κ3) is 2.74. The highest BCUT2D eigenvalue weighted by Crippen LogP contribution is 2.68. The van der Waals surface area contributed by atoms with E-state index in [1.165, 1.54) is 18.2 Å². The monoisotopic (exact) mass is 395 g/mol. The topological polar surface area (TPSA) is 67.0 Å². The number of carbonyl (C=O) groups excluding carboxylic acids is 1. The number of aromatic nitrogens is 1. The smallest absolute Gasteiger partial charge is 0.408 e. The van der Waals surface area contributed by atoms with Gasteiger partial charge in [0.05, 0.1) is 11.1 Å². The van der Waals surface area contributed by atoms with Crippen LogP contribution in [-0.4, -0.2) is 21.8 Å². The molecule has 1 amide bonds. The van der Waals surface area contributed by atoms with E-state index in [2.05, 4.69) is 16.0 Å². The van der Waals surface area contributed by atoms with Crippen LogP contribution in [0.3, 0.4) is 0 Å². The molecule has 4 aliphatic rings. The highest BCUT2D eigenvalue weighted by molar-refractivity contribution is 5.84. The van der Waals surface area contributed by atoms with Crippen LogP contribution < -0.4 is 5.32 Å². The van der Waals surface area contributed by atoms with Gasteiger partial charge in [0.15, 0.2) is 0 Å². The fraction of sp³-hybridized carbons (Fsp3) is 0.565. The van der Waals surface area contributed by atoms with Gasteiger partial charge in [-0.05, 0) is 77.5 Å². The Bertz CT molecular complexity index is 1050. The summed E-state index contributed by atoms with van der Waals surface area (Å²) in [6.07, 6.45) is 5.74. The molecule has 2 bridgehead atoms. The predicted molar refractivity (Wildman–Crippen MR) is 107 cm³/mol. The number of alkyl carbamates (subject to hydrolysis) is 1. The number of hydrogen-bond donors (Lipinski definition) is 1. The molecule has 2 aromatic rings. The van der Waals surface area contributed by atoms with E-state index >= 15 is 0 Å². The molecule has 0 spiro atoms. The number of ether oxygens (including phenoxy) is 1. The third-order valence-electron chi connectivity index (χ3n) is 6.83. The second-order valence-electron chi connectivity index (χ2n) is 10.2. The summed E-state index contributed by atoms with van der Waals surface area (Å²) in [5, 5.41) is 13.2. The Morgan fingerprint density at radius 1 is 1.28 bits per heavy atom. The van der Waals surface area contributed by atoms with Gasteiger partial charge in [-0.3, -0.25) is 0 Å². The maximum Gasteiger partial charge on any atom is 0.408 e. The van der Waals surface area contributed by atoms with E-state index in [0.29, 0.717) is 6.04 Å². The Morgan fingerprint density at radius 2 is 1.97 bits per heavy atom. The van der Waals surface area contributed by atoms with Crippen molar-refractivity contribution in [3.63, 3.8) is 0 Å². The molecule has 6 rings (SSSR count). The lowest BCUT2D eigenvalue weighted by atomic mass is 9.38. The minimum Gasteiger partial charge on any atom is -0.444 e. The summed E-state index contributed by atoms with van der Waals surface area (Å²) in [7, 11) is 0. The van der Waals surface area contributed by atoms with Gasteiger partial charge < -0.3 is 14.6 Å². The Balaban J connectivity index is 1.44. The SMILES string of the molecule is CC(C)(C)OC(=O)NC12CC(c3cc4cc(F)c(C#N)cc4n3C3CCC3)(C1)C2. The summed E-state index contributed by atoms with van der Waals surface area (Å²) < 4.78 is 22.0. The molecular weight excluding hydrogens is 369 g/mol. The molecule has 1 aromatic carbocycles. The lowest BCUT2D eigenvalue weighted by molar-refractivity contribution is -0.0934. The van der Waals surface area contributed by atoms with Gasteiger partial charge in [0, 0.05) is 28.1 Å². The van der Waals surface area contributed by atoms with Crippen LogP contribution >= 0.6 is 0 Å². The first-order valence-corrected chi connectivity index (χ1v) is 10.4. The van der Waals surface area contributed by atoms with Crippen molar-refractivity contribution in [2.45, 2.75) is 81.9 Å². The molecule has 0 saturated heterocycles. The summed E-state index contributed by atoms with van der Waals surface area (Å²) in [5.41, 5.74) is 1.65. The predicted octanol–water partition coefficient (Wildman–Crippen LogP) is 5.08. The van der Waals surface area contributed by atoms with Crippen molar-refractivity contribution in [2.75, 3.05) is 0 Å². The minimum absolute atomic E-state index is 0.0346. The third-order valence-corrected chi connectivity index (χ3v) is 6.83. The number of amides is 1. The number of fused-ring (bicyclic) bond motifs is 1. The normalized spacial score (nSPS) is 28.1. The van der Waals surface area contributed by atoms with Crippen molar-refractivity contribution in [1.29, 1.82) is 5.26 Å². The Morgan fingerprint density at radius 3 is 2.52 bits per heavy atom. The second-order valence-corrected chi connectivity index (χ2v) is 10.2. The molecule has 5 nitrogen and oxygen atoms in total. The highest BCUT2D eigenvalue weighted by atomic mass is 19.1. The zero-order valence-electron chi connectivity index (χ0n) is 17.1. The van der Waals surface area contributed by atoms with Gasteiger partial charge in [-0.2, -0.15) is 5.26 Å². The summed E-state index contributed by atoms with van der Waals surface area (Å²) in [6, 6.07) is 7.69. The molecule has 6 heteroatoms. The first kappa shape index (κ1) is 18.5. The molecular formula is C23H26FN3O2. The molecule has 4 fully saturated rings. The number of benzene rings is 1. The minimum atomic E-state index is -0.509. The molecule has 152 valence electrons. The molecule has 1 aromatic heterocycles. The van der Waals surface area contributed by atoms with Crippen molar-refractivity contribution in [3.05, 3.63) is 35.3 Å². The Labute approximate surface area is 169 Å². The van der Waals surface area contributed by atoms with Gasteiger partial charge >= 0.3 is 6.09 Å². The number of rotatable bonds is 3. The quantitative estimate of drug-likeness (QED) is 0.788. The zero-order valence-corrected chi connectivity index (χ0v) is 17.1. The van der Waals surface area contributed by atoms with Crippen molar-refractivity contribution in [2.24, 2.45) is 0 Å². The van der Waals surface area contributed by atoms with Crippen molar-refractivity contribution < 1.29 is 13.9 Å². The summed E-state index contributed by atoms with van der Waals surface area (Å²) in [4.78, 5) is 12.2. The molecule has 1 heterocycles. The maximum atomic E-state index is 14.2. The Hall–Kier alpha value is -2.55. The number of hydrogen-bond acceptors (Lipinski definition) is 3. The lowest BCUT2D eigenvalue weighted by Gasteiger charge is -2.70. The molecule has 0 atom stereocenters. The maximum absolute atomic E-state index is 14.2.